The number of benzene rings is 1. The van der Waals surface area contributed by atoms with Gasteiger partial charge < -0.3 is 10.5 Å². The van der Waals surface area contributed by atoms with Gasteiger partial charge in [-0.1, -0.05) is 0 Å². The Kier molecular flexibility index (Phi) is 3.19. The first-order chi connectivity index (χ1) is 7.51. The first kappa shape index (κ1) is 11.6. The van der Waals surface area contributed by atoms with E-state index < -0.39 is 16.5 Å². The Bertz CT molecular complexity index is 434. The number of hydrogen-bond donors (Lipinski definition) is 1. The fourth-order valence-corrected chi connectivity index (χ4v) is 1.21. The van der Waals surface area contributed by atoms with Crippen LogP contribution in [0, 0.1) is 10.1 Å². The number of carbonyl (C=O) groups excluding carboxylic acids is 2. The molecule has 0 fully saturated rings. The number of rotatable bonds is 4. The van der Waals surface area contributed by atoms with E-state index in [2.05, 4.69) is 0 Å². The van der Waals surface area contributed by atoms with Crippen LogP contribution in [0.4, 0.5) is 5.69 Å². The molecule has 0 aliphatic carbocycles. The van der Waals surface area contributed by atoms with Gasteiger partial charge in [-0.3, -0.25) is 19.7 Å². The molecule has 0 atom stereocenters. The average molecular weight is 224 g/mol. The lowest BCUT2D eigenvalue weighted by Crippen LogP contribution is -2.15. The van der Waals surface area contributed by atoms with E-state index in [1.807, 2.05) is 0 Å². The monoisotopic (exact) mass is 224 g/mol. The Hall–Kier alpha value is -2.44. The van der Waals surface area contributed by atoms with Gasteiger partial charge in [0.2, 0.25) is 5.91 Å². The van der Waals surface area contributed by atoms with Crippen molar-refractivity contribution in [3.8, 4) is 5.75 Å². The van der Waals surface area contributed by atoms with Gasteiger partial charge in [0.05, 0.1) is 23.7 Å². The molecule has 0 radical (unpaired) electrons. The molecule has 0 aromatic heterocycles. The van der Waals surface area contributed by atoms with Crippen LogP contribution < -0.4 is 10.5 Å². The molecule has 1 aromatic carbocycles. The molecule has 7 nitrogen and oxygen atoms in total. The molecule has 0 aliphatic rings. The van der Waals surface area contributed by atoms with Crippen LogP contribution in [0.5, 0.6) is 5.75 Å². The number of methoxy groups -OCH3 is 1. The van der Waals surface area contributed by atoms with Crippen molar-refractivity contribution in [1.29, 1.82) is 0 Å². The van der Waals surface area contributed by atoms with E-state index in [1.54, 1.807) is 0 Å². The molecule has 7 heteroatoms. The van der Waals surface area contributed by atoms with Gasteiger partial charge in [-0.25, -0.2) is 0 Å². The van der Waals surface area contributed by atoms with Crippen molar-refractivity contribution in [2.75, 3.05) is 7.11 Å². The van der Waals surface area contributed by atoms with Crippen LogP contribution >= 0.6 is 0 Å². The molecule has 0 saturated heterocycles. The molecule has 0 saturated carbocycles. The van der Waals surface area contributed by atoms with Gasteiger partial charge >= 0.3 is 0 Å². The van der Waals surface area contributed by atoms with Crippen LogP contribution in [0.1, 0.15) is 20.7 Å². The molecule has 0 spiro atoms. The summed E-state index contributed by atoms with van der Waals surface area (Å²) in [6.45, 7) is 0. The highest BCUT2D eigenvalue weighted by atomic mass is 16.6. The van der Waals surface area contributed by atoms with Crippen molar-refractivity contribution in [1.82, 2.24) is 0 Å². The number of amides is 1. The largest absolute Gasteiger partial charge is 0.496 e. The third kappa shape index (κ3) is 1.97. The lowest BCUT2D eigenvalue weighted by atomic mass is 10.1. The first-order valence-electron chi connectivity index (χ1n) is 4.12. The number of carbonyl (C=O) groups is 2. The van der Waals surface area contributed by atoms with Gasteiger partial charge in [0, 0.05) is 0 Å². The molecule has 0 bridgehead atoms. The lowest BCUT2D eigenvalue weighted by molar-refractivity contribution is -0.385. The highest BCUT2D eigenvalue weighted by Gasteiger charge is 2.22. The summed E-state index contributed by atoms with van der Waals surface area (Å²) in [7, 11) is 1.28. The maximum atomic E-state index is 11.0. The fraction of sp³-hybridized carbons (Fsp3) is 0.111. The Balaban J connectivity index is 3.59. The summed E-state index contributed by atoms with van der Waals surface area (Å²) in [6, 6.07) is 2.23. The molecule has 1 aromatic rings. The van der Waals surface area contributed by atoms with E-state index in [0.717, 1.165) is 6.07 Å². The second kappa shape index (κ2) is 4.39. The van der Waals surface area contributed by atoms with E-state index in [9.17, 15) is 19.7 Å². The highest BCUT2D eigenvalue weighted by Crippen LogP contribution is 2.27. The average Bonchev–Trinajstić information content (AvgIpc) is 2.26. The van der Waals surface area contributed by atoms with Crippen LogP contribution in [0.3, 0.4) is 0 Å². The number of nitrogens with two attached hydrogens (primary N) is 1. The standard InChI is InChI=1S/C9H8N2O5/c1-16-5-2-6(9(10)13)7(4-12)8(3-5)11(14)15/h2-4H,1H3,(H2,10,13). The number of primary amides is 1. The van der Waals surface area contributed by atoms with E-state index in [0.29, 0.717) is 0 Å². The minimum Gasteiger partial charge on any atom is -0.496 e. The summed E-state index contributed by atoms with van der Waals surface area (Å²) in [5.74, 6) is -0.838. The van der Waals surface area contributed by atoms with Crippen molar-refractivity contribution >= 4 is 17.9 Å². The molecule has 0 aliphatic heterocycles. The predicted octanol–water partition coefficient (Wildman–Crippen LogP) is 0.515. The van der Waals surface area contributed by atoms with Gasteiger partial charge in [-0.2, -0.15) is 0 Å². The van der Waals surface area contributed by atoms with Crippen LogP contribution in [0.15, 0.2) is 12.1 Å². The molecule has 84 valence electrons. The first-order valence-corrected chi connectivity index (χ1v) is 4.12. The van der Waals surface area contributed by atoms with Crippen LogP contribution in [-0.4, -0.2) is 24.2 Å². The smallest absolute Gasteiger partial charge is 0.284 e. The molecule has 1 rings (SSSR count). The van der Waals surface area contributed by atoms with Crippen LogP contribution in [-0.2, 0) is 0 Å². The summed E-state index contributed by atoms with van der Waals surface area (Å²) < 4.78 is 4.77. The summed E-state index contributed by atoms with van der Waals surface area (Å²) in [4.78, 5) is 31.6. The number of nitro benzene ring substituents is 1. The van der Waals surface area contributed by atoms with Crippen molar-refractivity contribution in [3.05, 3.63) is 33.4 Å². The topological polar surface area (TPSA) is 113 Å². The third-order valence-corrected chi connectivity index (χ3v) is 1.95. The summed E-state index contributed by atoms with van der Waals surface area (Å²) >= 11 is 0. The van der Waals surface area contributed by atoms with Crippen molar-refractivity contribution in [3.63, 3.8) is 0 Å². The number of nitrogens with zero attached hydrogens (tertiary/aromatic N) is 1. The number of aldehydes is 1. The van der Waals surface area contributed by atoms with E-state index in [4.69, 9.17) is 10.5 Å². The van der Waals surface area contributed by atoms with Crippen molar-refractivity contribution < 1.29 is 19.2 Å². The number of nitro groups is 1. The molecule has 1 amide bonds. The quantitative estimate of drug-likeness (QED) is 0.455. The Morgan fingerprint density at radius 2 is 2.19 bits per heavy atom. The SMILES string of the molecule is COc1cc(C(N)=O)c(C=O)c([N+](=O)[O-])c1. The Morgan fingerprint density at radius 1 is 1.56 bits per heavy atom. The third-order valence-electron chi connectivity index (χ3n) is 1.95. The van der Waals surface area contributed by atoms with Gasteiger partial charge in [0.1, 0.15) is 11.3 Å². The zero-order valence-electron chi connectivity index (χ0n) is 8.30. The molecular formula is C9H8N2O5. The second-order valence-electron chi connectivity index (χ2n) is 2.85. The molecular weight excluding hydrogens is 216 g/mol. The van der Waals surface area contributed by atoms with E-state index in [1.165, 1.54) is 13.2 Å². The normalized spacial score (nSPS) is 9.56. The molecule has 2 N–H and O–H groups in total. The van der Waals surface area contributed by atoms with Gasteiger partial charge in [0.25, 0.3) is 5.69 Å². The highest BCUT2D eigenvalue weighted by molar-refractivity contribution is 6.03. The van der Waals surface area contributed by atoms with Gasteiger partial charge in [-0.05, 0) is 6.07 Å². The van der Waals surface area contributed by atoms with Gasteiger partial charge in [-0.15, -0.1) is 0 Å². The minimum atomic E-state index is -0.927. The Morgan fingerprint density at radius 3 is 2.56 bits per heavy atom. The van der Waals surface area contributed by atoms with Crippen molar-refractivity contribution in [2.24, 2.45) is 5.73 Å². The van der Waals surface area contributed by atoms with Gasteiger partial charge in [0.15, 0.2) is 6.29 Å². The van der Waals surface area contributed by atoms with Crippen LogP contribution in [0.2, 0.25) is 0 Å². The Labute approximate surface area is 90.0 Å². The maximum absolute atomic E-state index is 11.0. The molecule has 0 unspecified atom stereocenters. The zero-order chi connectivity index (χ0) is 12.3. The minimum absolute atomic E-state index is 0.0890. The molecule has 0 heterocycles. The zero-order valence-corrected chi connectivity index (χ0v) is 8.30. The fourth-order valence-electron chi connectivity index (χ4n) is 1.21. The van der Waals surface area contributed by atoms with E-state index in [-0.39, 0.29) is 23.2 Å². The van der Waals surface area contributed by atoms with Crippen molar-refractivity contribution in [2.45, 2.75) is 0 Å². The number of ether oxygens (including phenoxy) is 1. The summed E-state index contributed by atoms with van der Waals surface area (Å²) in [5.41, 5.74) is 3.91. The molecule has 16 heavy (non-hydrogen) atoms. The second-order valence-corrected chi connectivity index (χ2v) is 2.85. The van der Waals surface area contributed by atoms with E-state index >= 15 is 0 Å². The lowest BCUT2D eigenvalue weighted by Gasteiger charge is -2.05. The maximum Gasteiger partial charge on any atom is 0.284 e. The summed E-state index contributed by atoms with van der Waals surface area (Å²) in [6.07, 6.45) is 0.220. The summed E-state index contributed by atoms with van der Waals surface area (Å²) in [5, 5.41) is 10.7. The van der Waals surface area contributed by atoms with Crippen LogP contribution in [0.25, 0.3) is 0 Å². The number of hydrogen-bond acceptors (Lipinski definition) is 5. The predicted molar refractivity (Wildman–Crippen MR) is 53.6 cm³/mol.